The summed E-state index contributed by atoms with van der Waals surface area (Å²) < 4.78 is 0. The Labute approximate surface area is 90.7 Å². The number of hydrogen-bond acceptors (Lipinski definition) is 4. The smallest absolute Gasteiger partial charge is 0.142 e. The minimum Gasteiger partial charge on any atom is -0.313 e. The van der Waals surface area contributed by atoms with E-state index in [1.165, 1.54) is 12.8 Å². The van der Waals surface area contributed by atoms with Crippen molar-refractivity contribution in [1.29, 1.82) is 0 Å². The van der Waals surface area contributed by atoms with E-state index in [0.717, 1.165) is 31.5 Å². The second-order valence-corrected chi connectivity index (χ2v) is 4.13. The molecule has 0 spiro atoms. The van der Waals surface area contributed by atoms with Crippen LogP contribution in [0.4, 0.5) is 0 Å². The molecular weight excluding hydrogens is 188 g/mol. The van der Waals surface area contributed by atoms with Gasteiger partial charge >= 0.3 is 0 Å². The van der Waals surface area contributed by atoms with Crippen molar-refractivity contribution in [3.63, 3.8) is 0 Å². The monoisotopic (exact) mass is 206 g/mol. The standard InChI is InChI=1S/C11H18N4/c1-15(8-7-12-10-3-4-10)9-11-13-5-2-6-14-11/h2,5-6,10,12H,3-4,7-9H2,1H3. The molecule has 0 aliphatic heterocycles. The average Bonchev–Trinajstić information content (AvgIpc) is 3.03. The van der Waals surface area contributed by atoms with Gasteiger partial charge in [-0.1, -0.05) is 0 Å². The first-order valence-corrected chi connectivity index (χ1v) is 5.52. The summed E-state index contributed by atoms with van der Waals surface area (Å²) in [4.78, 5) is 10.6. The van der Waals surface area contributed by atoms with Crippen molar-refractivity contribution in [3.05, 3.63) is 24.3 Å². The first-order valence-electron chi connectivity index (χ1n) is 5.52. The SMILES string of the molecule is CN(CCNC1CC1)Cc1ncccn1. The Hall–Kier alpha value is -1.00. The van der Waals surface area contributed by atoms with Crippen LogP contribution in [0, 0.1) is 0 Å². The fourth-order valence-electron chi connectivity index (χ4n) is 1.48. The zero-order valence-corrected chi connectivity index (χ0v) is 9.19. The van der Waals surface area contributed by atoms with E-state index in [9.17, 15) is 0 Å². The van der Waals surface area contributed by atoms with Gasteiger partial charge in [0.05, 0.1) is 6.54 Å². The lowest BCUT2D eigenvalue weighted by atomic mass is 10.4. The Bertz CT molecular complexity index is 284. The minimum absolute atomic E-state index is 0.798. The van der Waals surface area contributed by atoms with Crippen LogP contribution in [0.25, 0.3) is 0 Å². The van der Waals surface area contributed by atoms with E-state index in [1.807, 2.05) is 6.07 Å². The second-order valence-electron chi connectivity index (χ2n) is 4.13. The molecule has 15 heavy (non-hydrogen) atoms. The molecule has 1 aliphatic rings. The number of rotatable bonds is 6. The summed E-state index contributed by atoms with van der Waals surface area (Å²) >= 11 is 0. The van der Waals surface area contributed by atoms with E-state index in [4.69, 9.17) is 0 Å². The maximum Gasteiger partial charge on any atom is 0.142 e. The van der Waals surface area contributed by atoms with E-state index in [1.54, 1.807) is 12.4 Å². The summed E-state index contributed by atoms with van der Waals surface area (Å²) in [7, 11) is 2.10. The van der Waals surface area contributed by atoms with Gasteiger partial charge in [-0.25, -0.2) is 9.97 Å². The number of aromatic nitrogens is 2. The van der Waals surface area contributed by atoms with Gasteiger partial charge in [0, 0.05) is 31.5 Å². The first-order chi connectivity index (χ1) is 7.34. The molecule has 0 saturated heterocycles. The first kappa shape index (κ1) is 10.5. The van der Waals surface area contributed by atoms with E-state index in [0.29, 0.717) is 0 Å². The lowest BCUT2D eigenvalue weighted by Crippen LogP contribution is -2.30. The van der Waals surface area contributed by atoms with Gasteiger partial charge in [-0.05, 0) is 26.0 Å². The predicted octanol–water partition coefficient (Wildman–Crippen LogP) is 0.660. The van der Waals surface area contributed by atoms with Crippen molar-refractivity contribution in [3.8, 4) is 0 Å². The van der Waals surface area contributed by atoms with Crippen molar-refractivity contribution < 1.29 is 0 Å². The Kier molecular flexibility index (Phi) is 3.64. The summed E-state index contributed by atoms with van der Waals surface area (Å²) in [6, 6.07) is 2.64. The van der Waals surface area contributed by atoms with Crippen LogP contribution in [-0.2, 0) is 6.54 Å². The highest BCUT2D eigenvalue weighted by Crippen LogP contribution is 2.17. The van der Waals surface area contributed by atoms with E-state index in [-0.39, 0.29) is 0 Å². The maximum atomic E-state index is 4.20. The van der Waals surface area contributed by atoms with Crippen LogP contribution in [0.5, 0.6) is 0 Å². The maximum absolute atomic E-state index is 4.20. The van der Waals surface area contributed by atoms with Gasteiger partial charge in [-0.3, -0.25) is 4.90 Å². The molecule has 1 aliphatic carbocycles. The van der Waals surface area contributed by atoms with Crippen molar-refractivity contribution in [2.45, 2.75) is 25.4 Å². The topological polar surface area (TPSA) is 41.0 Å². The molecule has 0 unspecified atom stereocenters. The highest BCUT2D eigenvalue weighted by atomic mass is 15.1. The molecule has 0 amide bonds. The summed E-state index contributed by atoms with van der Waals surface area (Å²) in [6.07, 6.45) is 6.29. The number of likely N-dealkylation sites (N-methyl/N-ethyl adjacent to an activating group) is 1. The Balaban J connectivity index is 1.65. The minimum atomic E-state index is 0.798. The molecule has 1 fully saturated rings. The van der Waals surface area contributed by atoms with Crippen LogP contribution in [0.1, 0.15) is 18.7 Å². The summed E-state index contributed by atoms with van der Waals surface area (Å²) in [6.45, 7) is 2.94. The second kappa shape index (κ2) is 5.19. The van der Waals surface area contributed by atoms with Crippen LogP contribution in [0.3, 0.4) is 0 Å². The Morgan fingerprint density at radius 2 is 2.13 bits per heavy atom. The molecular formula is C11H18N4. The zero-order valence-electron chi connectivity index (χ0n) is 9.19. The van der Waals surface area contributed by atoms with Crippen molar-refractivity contribution >= 4 is 0 Å². The van der Waals surface area contributed by atoms with Gasteiger partial charge in [0.1, 0.15) is 5.82 Å². The third kappa shape index (κ3) is 3.93. The molecule has 1 aromatic heterocycles. The number of hydrogen-bond donors (Lipinski definition) is 1. The van der Waals surface area contributed by atoms with Gasteiger partial charge in [0.15, 0.2) is 0 Å². The third-order valence-corrected chi connectivity index (χ3v) is 2.53. The zero-order chi connectivity index (χ0) is 10.5. The van der Waals surface area contributed by atoms with Crippen LogP contribution < -0.4 is 5.32 Å². The Morgan fingerprint density at radius 1 is 1.40 bits per heavy atom. The van der Waals surface area contributed by atoms with Crippen LogP contribution in [-0.4, -0.2) is 41.0 Å². The highest BCUT2D eigenvalue weighted by Gasteiger charge is 2.19. The average molecular weight is 206 g/mol. The molecule has 4 nitrogen and oxygen atoms in total. The number of nitrogens with zero attached hydrogens (tertiary/aromatic N) is 3. The fraction of sp³-hybridized carbons (Fsp3) is 0.636. The molecule has 1 saturated carbocycles. The van der Waals surface area contributed by atoms with Gasteiger partial charge in [0.25, 0.3) is 0 Å². The lowest BCUT2D eigenvalue weighted by molar-refractivity contribution is 0.316. The van der Waals surface area contributed by atoms with Gasteiger partial charge in [0.2, 0.25) is 0 Å². The fourth-order valence-corrected chi connectivity index (χ4v) is 1.48. The molecule has 0 atom stereocenters. The van der Waals surface area contributed by atoms with Crippen LogP contribution >= 0.6 is 0 Å². The predicted molar refractivity (Wildman–Crippen MR) is 59.4 cm³/mol. The summed E-state index contributed by atoms with van der Waals surface area (Å²) in [5, 5.41) is 3.49. The van der Waals surface area contributed by atoms with Crippen molar-refractivity contribution in [1.82, 2.24) is 20.2 Å². The normalized spacial score (nSPS) is 15.9. The molecule has 0 aromatic carbocycles. The molecule has 2 rings (SSSR count). The summed E-state index contributed by atoms with van der Waals surface area (Å²) in [5.41, 5.74) is 0. The van der Waals surface area contributed by atoms with E-state index in [2.05, 4.69) is 27.2 Å². The molecule has 0 bridgehead atoms. The molecule has 0 radical (unpaired) electrons. The lowest BCUT2D eigenvalue weighted by Gasteiger charge is -2.15. The van der Waals surface area contributed by atoms with Gasteiger partial charge in [-0.15, -0.1) is 0 Å². The quantitative estimate of drug-likeness (QED) is 0.742. The van der Waals surface area contributed by atoms with Crippen molar-refractivity contribution in [2.24, 2.45) is 0 Å². The van der Waals surface area contributed by atoms with Gasteiger partial charge < -0.3 is 5.32 Å². The highest BCUT2D eigenvalue weighted by molar-refractivity contribution is 4.88. The van der Waals surface area contributed by atoms with Crippen molar-refractivity contribution in [2.75, 3.05) is 20.1 Å². The Morgan fingerprint density at radius 3 is 2.80 bits per heavy atom. The van der Waals surface area contributed by atoms with Gasteiger partial charge in [-0.2, -0.15) is 0 Å². The van der Waals surface area contributed by atoms with Crippen LogP contribution in [0.2, 0.25) is 0 Å². The molecule has 1 aromatic rings. The van der Waals surface area contributed by atoms with E-state index >= 15 is 0 Å². The largest absolute Gasteiger partial charge is 0.313 e. The molecule has 4 heteroatoms. The molecule has 82 valence electrons. The molecule has 1 N–H and O–H groups in total. The van der Waals surface area contributed by atoms with E-state index < -0.39 is 0 Å². The summed E-state index contributed by atoms with van der Waals surface area (Å²) in [5.74, 6) is 0.895. The molecule has 1 heterocycles. The van der Waals surface area contributed by atoms with Crippen LogP contribution in [0.15, 0.2) is 18.5 Å². The third-order valence-electron chi connectivity index (χ3n) is 2.53. The number of nitrogens with one attached hydrogen (secondary N) is 1.